The second-order valence-corrected chi connectivity index (χ2v) is 5.30. The molecule has 18 heavy (non-hydrogen) atoms. The summed E-state index contributed by atoms with van der Waals surface area (Å²) in [6, 6.07) is 9.40. The first-order valence-corrected chi connectivity index (χ1v) is 6.86. The molecule has 0 aliphatic carbocycles. The molecule has 0 saturated carbocycles. The number of rotatable bonds is 4. The second-order valence-electron chi connectivity index (χ2n) is 5.30. The Bertz CT molecular complexity index is 370. The predicted molar refractivity (Wildman–Crippen MR) is 78.1 cm³/mol. The van der Waals surface area contributed by atoms with Gasteiger partial charge in [0, 0.05) is 25.3 Å². The number of hydrogen-bond acceptors (Lipinski definition) is 3. The summed E-state index contributed by atoms with van der Waals surface area (Å²) >= 11 is 0. The standard InChI is InChI=1S/C15H25N3/c1-16-12-13-6-4-5-7-15(13)18(3)14-8-10-17(2)11-9-14/h4-7,14,16H,8-12H2,1-3H3. The highest BCUT2D eigenvalue weighted by Gasteiger charge is 2.21. The molecule has 1 heterocycles. The maximum atomic E-state index is 3.25. The summed E-state index contributed by atoms with van der Waals surface area (Å²) in [4.78, 5) is 4.89. The van der Waals surface area contributed by atoms with E-state index in [2.05, 4.69) is 53.5 Å². The second kappa shape index (κ2) is 6.21. The third kappa shape index (κ3) is 3.03. The fourth-order valence-electron chi connectivity index (χ4n) is 2.77. The Hall–Kier alpha value is -1.06. The lowest BCUT2D eigenvalue weighted by molar-refractivity contribution is 0.252. The van der Waals surface area contributed by atoms with Gasteiger partial charge in [0.1, 0.15) is 0 Å². The summed E-state index contributed by atoms with van der Waals surface area (Å²) in [6.45, 7) is 3.36. The van der Waals surface area contributed by atoms with Crippen LogP contribution in [0.4, 0.5) is 5.69 Å². The Morgan fingerprint density at radius 2 is 1.94 bits per heavy atom. The van der Waals surface area contributed by atoms with E-state index in [-0.39, 0.29) is 0 Å². The van der Waals surface area contributed by atoms with Crippen LogP contribution in [0.1, 0.15) is 18.4 Å². The molecule has 0 spiro atoms. The summed E-state index contributed by atoms with van der Waals surface area (Å²) in [5.74, 6) is 0. The van der Waals surface area contributed by atoms with E-state index in [4.69, 9.17) is 0 Å². The molecule has 0 bridgehead atoms. The van der Waals surface area contributed by atoms with Gasteiger partial charge in [-0.2, -0.15) is 0 Å². The molecular weight excluding hydrogens is 222 g/mol. The van der Waals surface area contributed by atoms with Crippen molar-refractivity contribution in [2.24, 2.45) is 0 Å². The molecule has 3 heteroatoms. The molecule has 3 nitrogen and oxygen atoms in total. The largest absolute Gasteiger partial charge is 0.371 e. The fourth-order valence-corrected chi connectivity index (χ4v) is 2.77. The Morgan fingerprint density at radius 3 is 2.61 bits per heavy atom. The molecule has 2 rings (SSSR count). The third-order valence-corrected chi connectivity index (χ3v) is 3.97. The van der Waals surface area contributed by atoms with Crippen molar-refractivity contribution in [1.29, 1.82) is 0 Å². The summed E-state index contributed by atoms with van der Waals surface area (Å²) in [5, 5.41) is 3.25. The van der Waals surface area contributed by atoms with Crippen LogP contribution >= 0.6 is 0 Å². The van der Waals surface area contributed by atoms with Gasteiger partial charge < -0.3 is 15.1 Å². The van der Waals surface area contributed by atoms with E-state index >= 15 is 0 Å². The van der Waals surface area contributed by atoms with Crippen molar-refractivity contribution in [3.8, 4) is 0 Å². The Kier molecular flexibility index (Phi) is 4.61. The molecule has 1 aliphatic rings. The predicted octanol–water partition coefficient (Wildman–Crippen LogP) is 1.94. The van der Waals surface area contributed by atoms with Gasteiger partial charge in [0.15, 0.2) is 0 Å². The maximum absolute atomic E-state index is 3.25. The van der Waals surface area contributed by atoms with E-state index in [1.54, 1.807) is 0 Å². The van der Waals surface area contributed by atoms with E-state index in [9.17, 15) is 0 Å². The first-order chi connectivity index (χ1) is 8.72. The van der Waals surface area contributed by atoms with E-state index in [0.717, 1.165) is 6.54 Å². The van der Waals surface area contributed by atoms with Crippen molar-refractivity contribution in [3.05, 3.63) is 29.8 Å². The summed E-state index contributed by atoms with van der Waals surface area (Å²) in [7, 11) is 6.46. The molecule has 1 aliphatic heterocycles. The molecule has 1 fully saturated rings. The van der Waals surface area contributed by atoms with Gasteiger partial charge in [-0.05, 0) is 51.7 Å². The number of hydrogen-bond donors (Lipinski definition) is 1. The highest BCUT2D eigenvalue weighted by molar-refractivity contribution is 5.53. The number of nitrogens with zero attached hydrogens (tertiary/aromatic N) is 2. The van der Waals surface area contributed by atoms with Gasteiger partial charge >= 0.3 is 0 Å². The van der Waals surface area contributed by atoms with Crippen molar-refractivity contribution >= 4 is 5.69 Å². The number of likely N-dealkylation sites (tertiary alicyclic amines) is 1. The van der Waals surface area contributed by atoms with Gasteiger partial charge in [0.2, 0.25) is 0 Å². The summed E-state index contributed by atoms with van der Waals surface area (Å²) in [5.41, 5.74) is 2.77. The Morgan fingerprint density at radius 1 is 1.28 bits per heavy atom. The minimum atomic E-state index is 0.680. The SMILES string of the molecule is CNCc1ccccc1N(C)C1CCN(C)CC1. The number of para-hydroxylation sites is 1. The zero-order valence-electron chi connectivity index (χ0n) is 11.8. The normalized spacial score (nSPS) is 17.9. The van der Waals surface area contributed by atoms with Crippen LogP contribution in [-0.2, 0) is 6.54 Å². The van der Waals surface area contributed by atoms with Gasteiger partial charge in [0.05, 0.1) is 0 Å². The zero-order chi connectivity index (χ0) is 13.0. The molecule has 0 amide bonds. The number of nitrogens with one attached hydrogen (secondary N) is 1. The van der Waals surface area contributed by atoms with Crippen molar-refractivity contribution in [1.82, 2.24) is 10.2 Å². The van der Waals surface area contributed by atoms with Gasteiger partial charge in [0.25, 0.3) is 0 Å². The van der Waals surface area contributed by atoms with Gasteiger partial charge in [-0.3, -0.25) is 0 Å². The van der Waals surface area contributed by atoms with Crippen LogP contribution in [-0.4, -0.2) is 45.2 Å². The average molecular weight is 247 g/mol. The lowest BCUT2D eigenvalue weighted by Crippen LogP contribution is -2.42. The minimum absolute atomic E-state index is 0.680. The van der Waals surface area contributed by atoms with Crippen LogP contribution in [0.3, 0.4) is 0 Å². The molecule has 0 radical (unpaired) electrons. The monoisotopic (exact) mass is 247 g/mol. The Balaban J connectivity index is 2.10. The van der Waals surface area contributed by atoms with E-state index < -0.39 is 0 Å². The van der Waals surface area contributed by atoms with Gasteiger partial charge in [-0.15, -0.1) is 0 Å². The topological polar surface area (TPSA) is 18.5 Å². The maximum Gasteiger partial charge on any atom is 0.0411 e. The lowest BCUT2D eigenvalue weighted by atomic mass is 10.0. The van der Waals surface area contributed by atoms with Crippen LogP contribution in [0.2, 0.25) is 0 Å². The van der Waals surface area contributed by atoms with Crippen LogP contribution < -0.4 is 10.2 Å². The third-order valence-electron chi connectivity index (χ3n) is 3.97. The highest BCUT2D eigenvalue weighted by Crippen LogP contribution is 2.25. The summed E-state index contributed by atoms with van der Waals surface area (Å²) in [6.07, 6.45) is 2.53. The van der Waals surface area contributed by atoms with Gasteiger partial charge in [-0.1, -0.05) is 18.2 Å². The molecule has 100 valence electrons. The average Bonchev–Trinajstić information content (AvgIpc) is 2.40. The molecule has 1 saturated heterocycles. The van der Waals surface area contributed by atoms with Crippen molar-refractivity contribution in [2.45, 2.75) is 25.4 Å². The van der Waals surface area contributed by atoms with Crippen molar-refractivity contribution in [3.63, 3.8) is 0 Å². The minimum Gasteiger partial charge on any atom is -0.371 e. The van der Waals surface area contributed by atoms with Crippen LogP contribution in [0.25, 0.3) is 0 Å². The van der Waals surface area contributed by atoms with Crippen molar-refractivity contribution < 1.29 is 0 Å². The zero-order valence-corrected chi connectivity index (χ0v) is 11.8. The van der Waals surface area contributed by atoms with Crippen LogP contribution in [0.15, 0.2) is 24.3 Å². The lowest BCUT2D eigenvalue weighted by Gasteiger charge is -2.37. The smallest absolute Gasteiger partial charge is 0.0411 e. The molecule has 0 aromatic heterocycles. The van der Waals surface area contributed by atoms with Crippen LogP contribution in [0.5, 0.6) is 0 Å². The number of piperidine rings is 1. The van der Waals surface area contributed by atoms with Gasteiger partial charge in [-0.25, -0.2) is 0 Å². The highest BCUT2D eigenvalue weighted by atomic mass is 15.2. The molecule has 0 unspecified atom stereocenters. The quantitative estimate of drug-likeness (QED) is 0.877. The Labute approximate surface area is 111 Å². The van der Waals surface area contributed by atoms with Crippen LogP contribution in [0, 0.1) is 0 Å². The van der Waals surface area contributed by atoms with E-state index in [1.807, 2.05) is 7.05 Å². The molecule has 1 aromatic rings. The van der Waals surface area contributed by atoms with E-state index in [1.165, 1.54) is 37.2 Å². The number of benzene rings is 1. The van der Waals surface area contributed by atoms with Crippen molar-refractivity contribution in [2.75, 3.05) is 39.1 Å². The first-order valence-electron chi connectivity index (χ1n) is 6.86. The van der Waals surface area contributed by atoms with E-state index in [0.29, 0.717) is 6.04 Å². The molecule has 1 aromatic carbocycles. The molecule has 1 N–H and O–H groups in total. The number of anilines is 1. The summed E-state index contributed by atoms with van der Waals surface area (Å²) < 4.78 is 0. The fraction of sp³-hybridized carbons (Fsp3) is 0.600. The molecule has 0 atom stereocenters. The molecular formula is C15H25N3. The first kappa shape index (κ1) is 13.4.